The van der Waals surface area contributed by atoms with Crippen molar-refractivity contribution in [3.8, 4) is 0 Å². The zero-order valence-electron chi connectivity index (χ0n) is 10.6. The van der Waals surface area contributed by atoms with E-state index in [4.69, 9.17) is 22.1 Å². The maximum atomic E-state index is 6.04. The molecule has 0 radical (unpaired) electrons. The standard InChI is InChI=1S/C13H15ClN4O/c1-19-7-6-9-4-2-3-5-11(9)17-12-10(14)8-16-13(15)18-12/h2-5,8H,6-7H2,1H3,(H3,15,16,17,18). The van der Waals surface area contributed by atoms with Crippen molar-refractivity contribution < 1.29 is 4.74 Å². The van der Waals surface area contributed by atoms with Crippen LogP contribution in [0.1, 0.15) is 5.56 Å². The first-order chi connectivity index (χ1) is 9.20. The van der Waals surface area contributed by atoms with Gasteiger partial charge < -0.3 is 15.8 Å². The zero-order valence-corrected chi connectivity index (χ0v) is 11.3. The van der Waals surface area contributed by atoms with Crippen LogP contribution < -0.4 is 11.1 Å². The van der Waals surface area contributed by atoms with E-state index < -0.39 is 0 Å². The van der Waals surface area contributed by atoms with Crippen LogP contribution in [0.4, 0.5) is 17.5 Å². The number of halogens is 1. The first kappa shape index (κ1) is 13.6. The summed E-state index contributed by atoms with van der Waals surface area (Å²) in [5, 5.41) is 3.60. The third-order valence-electron chi connectivity index (χ3n) is 2.61. The number of anilines is 3. The summed E-state index contributed by atoms with van der Waals surface area (Å²) < 4.78 is 5.09. The van der Waals surface area contributed by atoms with Crippen LogP contribution in [-0.4, -0.2) is 23.7 Å². The summed E-state index contributed by atoms with van der Waals surface area (Å²) in [6.45, 7) is 0.651. The van der Waals surface area contributed by atoms with Crippen molar-refractivity contribution in [2.45, 2.75) is 6.42 Å². The molecule has 5 nitrogen and oxygen atoms in total. The van der Waals surface area contributed by atoms with Gasteiger partial charge in [-0.15, -0.1) is 0 Å². The number of nitrogens with zero attached hydrogens (tertiary/aromatic N) is 2. The highest BCUT2D eigenvalue weighted by Crippen LogP contribution is 2.25. The Kier molecular flexibility index (Phi) is 4.54. The number of para-hydroxylation sites is 1. The van der Waals surface area contributed by atoms with Crippen LogP contribution in [0.25, 0.3) is 0 Å². The molecule has 0 saturated carbocycles. The van der Waals surface area contributed by atoms with Gasteiger partial charge >= 0.3 is 0 Å². The van der Waals surface area contributed by atoms with Crippen LogP contribution in [0, 0.1) is 0 Å². The van der Waals surface area contributed by atoms with Crippen molar-refractivity contribution in [1.82, 2.24) is 9.97 Å². The summed E-state index contributed by atoms with van der Waals surface area (Å²) in [4.78, 5) is 7.91. The molecular weight excluding hydrogens is 264 g/mol. The molecule has 0 amide bonds. The highest BCUT2D eigenvalue weighted by molar-refractivity contribution is 6.32. The van der Waals surface area contributed by atoms with Crippen LogP contribution in [-0.2, 0) is 11.2 Å². The van der Waals surface area contributed by atoms with Gasteiger partial charge in [-0.05, 0) is 18.1 Å². The minimum absolute atomic E-state index is 0.182. The Morgan fingerprint density at radius 1 is 1.37 bits per heavy atom. The van der Waals surface area contributed by atoms with Crippen LogP contribution in [0.5, 0.6) is 0 Å². The van der Waals surface area contributed by atoms with E-state index in [1.165, 1.54) is 6.20 Å². The Balaban J connectivity index is 2.25. The lowest BCUT2D eigenvalue weighted by molar-refractivity contribution is 0.202. The van der Waals surface area contributed by atoms with Gasteiger partial charge in [0.05, 0.1) is 12.8 Å². The SMILES string of the molecule is COCCc1ccccc1Nc1nc(N)ncc1Cl. The maximum absolute atomic E-state index is 6.04. The lowest BCUT2D eigenvalue weighted by Crippen LogP contribution is -2.03. The first-order valence-electron chi connectivity index (χ1n) is 5.82. The number of nitrogen functional groups attached to an aromatic ring is 1. The summed E-state index contributed by atoms with van der Waals surface area (Å²) in [7, 11) is 1.68. The number of nitrogens with one attached hydrogen (secondary N) is 1. The van der Waals surface area contributed by atoms with E-state index >= 15 is 0 Å². The normalized spacial score (nSPS) is 10.4. The summed E-state index contributed by atoms with van der Waals surface area (Å²) in [5.74, 6) is 0.681. The molecule has 1 aromatic carbocycles. The third kappa shape index (κ3) is 3.56. The molecule has 6 heteroatoms. The molecule has 0 saturated heterocycles. The smallest absolute Gasteiger partial charge is 0.222 e. The Bertz CT molecular complexity index is 562. The lowest BCUT2D eigenvalue weighted by Gasteiger charge is -2.12. The summed E-state index contributed by atoms with van der Waals surface area (Å²) in [6, 6.07) is 7.91. The van der Waals surface area contributed by atoms with Crippen molar-refractivity contribution in [2.75, 3.05) is 24.8 Å². The second-order valence-electron chi connectivity index (χ2n) is 3.95. The monoisotopic (exact) mass is 278 g/mol. The van der Waals surface area contributed by atoms with Gasteiger partial charge in [-0.3, -0.25) is 0 Å². The average molecular weight is 279 g/mol. The number of nitrogens with two attached hydrogens (primary N) is 1. The van der Waals surface area contributed by atoms with E-state index in [1.54, 1.807) is 7.11 Å². The van der Waals surface area contributed by atoms with E-state index in [0.717, 1.165) is 17.7 Å². The van der Waals surface area contributed by atoms with Gasteiger partial charge in [0.2, 0.25) is 5.95 Å². The molecule has 0 unspecified atom stereocenters. The van der Waals surface area contributed by atoms with Crippen molar-refractivity contribution in [3.63, 3.8) is 0 Å². The minimum Gasteiger partial charge on any atom is -0.384 e. The molecule has 0 aliphatic heterocycles. The highest BCUT2D eigenvalue weighted by atomic mass is 35.5. The minimum atomic E-state index is 0.182. The molecule has 1 heterocycles. The van der Waals surface area contributed by atoms with Crippen molar-refractivity contribution in [2.24, 2.45) is 0 Å². The molecule has 100 valence electrons. The molecular formula is C13H15ClN4O. The fraction of sp³-hybridized carbons (Fsp3) is 0.231. The highest BCUT2D eigenvalue weighted by Gasteiger charge is 2.07. The predicted octanol–water partition coefficient (Wildman–Crippen LogP) is 2.64. The predicted molar refractivity (Wildman–Crippen MR) is 76.8 cm³/mol. The number of aromatic nitrogens is 2. The lowest BCUT2D eigenvalue weighted by atomic mass is 10.1. The molecule has 19 heavy (non-hydrogen) atoms. The topological polar surface area (TPSA) is 73.1 Å². The van der Waals surface area contributed by atoms with E-state index in [9.17, 15) is 0 Å². The second-order valence-corrected chi connectivity index (χ2v) is 4.36. The van der Waals surface area contributed by atoms with Crippen LogP contribution in [0.3, 0.4) is 0 Å². The van der Waals surface area contributed by atoms with Gasteiger partial charge in [0, 0.05) is 12.8 Å². The number of hydrogen-bond acceptors (Lipinski definition) is 5. The van der Waals surface area contributed by atoms with E-state index in [0.29, 0.717) is 17.4 Å². The molecule has 0 spiro atoms. The van der Waals surface area contributed by atoms with Gasteiger partial charge in [-0.1, -0.05) is 29.8 Å². The molecule has 2 aromatic rings. The summed E-state index contributed by atoms with van der Waals surface area (Å²) in [5.41, 5.74) is 7.61. The fourth-order valence-electron chi connectivity index (χ4n) is 1.67. The Hall–Kier alpha value is -1.85. The van der Waals surface area contributed by atoms with Crippen molar-refractivity contribution >= 4 is 29.1 Å². The van der Waals surface area contributed by atoms with E-state index in [1.807, 2.05) is 24.3 Å². The number of rotatable bonds is 5. The first-order valence-corrected chi connectivity index (χ1v) is 6.20. The quantitative estimate of drug-likeness (QED) is 0.880. The molecule has 2 rings (SSSR count). The van der Waals surface area contributed by atoms with Crippen molar-refractivity contribution in [1.29, 1.82) is 0 Å². The molecule has 0 atom stereocenters. The van der Waals surface area contributed by atoms with Gasteiger partial charge in [0.1, 0.15) is 5.02 Å². The fourth-order valence-corrected chi connectivity index (χ4v) is 1.81. The number of benzene rings is 1. The summed E-state index contributed by atoms with van der Waals surface area (Å²) >= 11 is 6.04. The number of hydrogen-bond donors (Lipinski definition) is 2. The third-order valence-corrected chi connectivity index (χ3v) is 2.89. The molecule has 1 aromatic heterocycles. The second kappa shape index (κ2) is 6.36. The van der Waals surface area contributed by atoms with Crippen molar-refractivity contribution in [3.05, 3.63) is 41.0 Å². The van der Waals surface area contributed by atoms with Gasteiger partial charge in [0.25, 0.3) is 0 Å². The molecule has 0 aliphatic carbocycles. The van der Waals surface area contributed by atoms with Gasteiger partial charge in [0.15, 0.2) is 5.82 Å². The molecule has 0 fully saturated rings. The van der Waals surface area contributed by atoms with Crippen LogP contribution >= 0.6 is 11.6 Å². The van der Waals surface area contributed by atoms with Crippen LogP contribution in [0.2, 0.25) is 5.02 Å². The summed E-state index contributed by atoms with van der Waals surface area (Å²) in [6.07, 6.45) is 2.28. The number of ether oxygens (including phenoxy) is 1. The van der Waals surface area contributed by atoms with E-state index in [2.05, 4.69) is 15.3 Å². The Labute approximate surface area is 116 Å². The van der Waals surface area contributed by atoms with Gasteiger partial charge in [-0.2, -0.15) is 4.98 Å². The molecule has 3 N–H and O–H groups in total. The van der Waals surface area contributed by atoms with E-state index in [-0.39, 0.29) is 5.95 Å². The Morgan fingerprint density at radius 3 is 2.95 bits per heavy atom. The zero-order chi connectivity index (χ0) is 13.7. The molecule has 0 aliphatic rings. The largest absolute Gasteiger partial charge is 0.384 e. The average Bonchev–Trinajstić information content (AvgIpc) is 2.42. The van der Waals surface area contributed by atoms with Crippen LogP contribution in [0.15, 0.2) is 30.5 Å². The van der Waals surface area contributed by atoms with Gasteiger partial charge in [-0.25, -0.2) is 4.98 Å². The number of methoxy groups -OCH3 is 1. The Morgan fingerprint density at radius 2 is 2.16 bits per heavy atom. The molecule has 0 bridgehead atoms. The maximum Gasteiger partial charge on any atom is 0.222 e.